The standard InChI is InChI=1S/C20H23FN2O3/c1-13(2)25-18-8-16(9-22-10-18)20(24)23-11-14(3)26-19(12-23)15-4-6-17(21)7-5-15/h4-10,13-14,19H,11-12H2,1-3H3. The van der Waals surface area contributed by atoms with E-state index in [-0.39, 0.29) is 30.0 Å². The number of nitrogens with zero attached hydrogens (tertiary/aromatic N) is 2. The second kappa shape index (κ2) is 7.83. The van der Waals surface area contributed by atoms with E-state index in [2.05, 4.69) is 4.98 Å². The summed E-state index contributed by atoms with van der Waals surface area (Å²) in [6, 6.07) is 7.91. The van der Waals surface area contributed by atoms with Gasteiger partial charge in [-0.25, -0.2) is 4.39 Å². The molecule has 1 aliphatic heterocycles. The normalized spacial score (nSPS) is 20.3. The summed E-state index contributed by atoms with van der Waals surface area (Å²) in [7, 11) is 0. The number of ether oxygens (including phenoxy) is 2. The van der Waals surface area contributed by atoms with Crippen LogP contribution < -0.4 is 4.74 Å². The average molecular weight is 358 g/mol. The molecule has 1 fully saturated rings. The number of carbonyl (C=O) groups excluding carboxylic acids is 1. The van der Waals surface area contributed by atoms with Gasteiger partial charge in [0.1, 0.15) is 17.7 Å². The monoisotopic (exact) mass is 358 g/mol. The minimum Gasteiger partial charge on any atom is -0.489 e. The largest absolute Gasteiger partial charge is 0.489 e. The number of hydrogen-bond donors (Lipinski definition) is 0. The Hall–Kier alpha value is -2.47. The third-order valence-corrected chi connectivity index (χ3v) is 4.12. The van der Waals surface area contributed by atoms with Gasteiger partial charge in [0.15, 0.2) is 0 Å². The third-order valence-electron chi connectivity index (χ3n) is 4.12. The van der Waals surface area contributed by atoms with Crippen LogP contribution in [0.25, 0.3) is 0 Å². The van der Waals surface area contributed by atoms with Gasteiger partial charge in [-0.15, -0.1) is 0 Å². The highest BCUT2D eigenvalue weighted by atomic mass is 19.1. The van der Waals surface area contributed by atoms with Gasteiger partial charge in [0, 0.05) is 12.7 Å². The SMILES string of the molecule is CC(C)Oc1cncc(C(=O)N2CC(C)OC(c3ccc(F)cc3)C2)c1. The molecule has 1 aliphatic rings. The van der Waals surface area contributed by atoms with Gasteiger partial charge in [-0.2, -0.15) is 0 Å². The Bertz CT molecular complexity index is 764. The zero-order valence-electron chi connectivity index (χ0n) is 15.2. The first-order valence-corrected chi connectivity index (χ1v) is 8.74. The third kappa shape index (κ3) is 4.38. The first-order valence-electron chi connectivity index (χ1n) is 8.74. The molecule has 5 nitrogen and oxygen atoms in total. The van der Waals surface area contributed by atoms with Crippen LogP contribution in [-0.4, -0.2) is 41.1 Å². The second-order valence-corrected chi connectivity index (χ2v) is 6.77. The number of hydrogen-bond acceptors (Lipinski definition) is 4. The highest BCUT2D eigenvalue weighted by Gasteiger charge is 2.30. The van der Waals surface area contributed by atoms with Gasteiger partial charge in [-0.3, -0.25) is 9.78 Å². The first kappa shape index (κ1) is 18.3. The van der Waals surface area contributed by atoms with Crippen molar-refractivity contribution in [3.05, 3.63) is 59.7 Å². The molecule has 1 aromatic carbocycles. The van der Waals surface area contributed by atoms with Crippen molar-refractivity contribution in [3.8, 4) is 5.75 Å². The van der Waals surface area contributed by atoms with Crippen LogP contribution in [0.5, 0.6) is 5.75 Å². The highest BCUT2D eigenvalue weighted by molar-refractivity contribution is 5.94. The van der Waals surface area contributed by atoms with Crippen LogP contribution in [0.4, 0.5) is 4.39 Å². The summed E-state index contributed by atoms with van der Waals surface area (Å²) in [6.07, 6.45) is 2.74. The number of amides is 1. The summed E-state index contributed by atoms with van der Waals surface area (Å²) in [4.78, 5) is 18.8. The van der Waals surface area contributed by atoms with E-state index in [0.29, 0.717) is 24.4 Å². The zero-order chi connectivity index (χ0) is 18.7. The lowest BCUT2D eigenvalue weighted by Crippen LogP contribution is -2.46. The van der Waals surface area contributed by atoms with E-state index in [1.807, 2.05) is 20.8 Å². The van der Waals surface area contributed by atoms with Crippen LogP contribution in [0.2, 0.25) is 0 Å². The van der Waals surface area contributed by atoms with Gasteiger partial charge < -0.3 is 14.4 Å². The average Bonchev–Trinajstić information content (AvgIpc) is 2.61. The van der Waals surface area contributed by atoms with E-state index in [1.165, 1.54) is 12.1 Å². The Kier molecular flexibility index (Phi) is 5.52. The van der Waals surface area contributed by atoms with Gasteiger partial charge in [0.05, 0.1) is 30.5 Å². The molecule has 2 atom stereocenters. The van der Waals surface area contributed by atoms with Crippen molar-refractivity contribution < 1.29 is 18.7 Å². The highest BCUT2D eigenvalue weighted by Crippen LogP contribution is 2.27. The van der Waals surface area contributed by atoms with Crippen LogP contribution in [-0.2, 0) is 4.74 Å². The fourth-order valence-corrected chi connectivity index (χ4v) is 3.03. The molecule has 0 spiro atoms. The molecule has 2 aromatic rings. The van der Waals surface area contributed by atoms with Gasteiger partial charge in [-0.05, 0) is 44.5 Å². The Morgan fingerprint density at radius 3 is 2.69 bits per heavy atom. The van der Waals surface area contributed by atoms with Gasteiger partial charge >= 0.3 is 0 Å². The molecule has 0 aliphatic carbocycles. The Morgan fingerprint density at radius 2 is 2.00 bits per heavy atom. The number of aromatic nitrogens is 1. The summed E-state index contributed by atoms with van der Waals surface area (Å²) in [6.45, 7) is 6.67. The Balaban J connectivity index is 1.77. The minimum atomic E-state index is -0.293. The number of benzene rings is 1. The molecule has 6 heteroatoms. The van der Waals surface area contributed by atoms with Crippen molar-refractivity contribution in [2.24, 2.45) is 0 Å². The predicted octanol–water partition coefficient (Wildman–Crippen LogP) is 3.61. The molecule has 3 rings (SSSR count). The number of morpholine rings is 1. The lowest BCUT2D eigenvalue weighted by Gasteiger charge is -2.37. The van der Waals surface area contributed by atoms with E-state index < -0.39 is 0 Å². The lowest BCUT2D eigenvalue weighted by molar-refractivity contribution is -0.0692. The molecular weight excluding hydrogens is 335 g/mol. The molecule has 0 bridgehead atoms. The molecular formula is C20H23FN2O3. The van der Waals surface area contributed by atoms with E-state index >= 15 is 0 Å². The van der Waals surface area contributed by atoms with E-state index in [9.17, 15) is 9.18 Å². The molecule has 2 heterocycles. The maximum atomic E-state index is 13.2. The van der Waals surface area contributed by atoms with E-state index in [1.54, 1.807) is 35.5 Å². The Morgan fingerprint density at radius 1 is 1.27 bits per heavy atom. The maximum absolute atomic E-state index is 13.2. The van der Waals surface area contributed by atoms with Crippen molar-refractivity contribution in [1.29, 1.82) is 0 Å². The zero-order valence-corrected chi connectivity index (χ0v) is 15.2. The van der Waals surface area contributed by atoms with Crippen LogP contribution in [0.15, 0.2) is 42.7 Å². The summed E-state index contributed by atoms with van der Waals surface area (Å²) < 4.78 is 24.7. The summed E-state index contributed by atoms with van der Waals surface area (Å²) >= 11 is 0. The van der Waals surface area contributed by atoms with Crippen molar-refractivity contribution >= 4 is 5.91 Å². The van der Waals surface area contributed by atoms with Crippen molar-refractivity contribution in [2.75, 3.05) is 13.1 Å². The lowest BCUT2D eigenvalue weighted by atomic mass is 10.1. The molecule has 0 N–H and O–H groups in total. The van der Waals surface area contributed by atoms with Crippen LogP contribution in [0.3, 0.4) is 0 Å². The number of carbonyl (C=O) groups is 1. The molecule has 1 aromatic heterocycles. The van der Waals surface area contributed by atoms with Gasteiger partial charge in [0.25, 0.3) is 5.91 Å². The summed E-state index contributed by atoms with van der Waals surface area (Å²) in [5, 5.41) is 0. The molecule has 138 valence electrons. The van der Waals surface area contributed by atoms with Crippen LogP contribution in [0, 0.1) is 5.82 Å². The smallest absolute Gasteiger partial charge is 0.255 e. The molecule has 0 saturated carbocycles. The second-order valence-electron chi connectivity index (χ2n) is 6.77. The number of rotatable bonds is 4. The van der Waals surface area contributed by atoms with Crippen LogP contribution >= 0.6 is 0 Å². The van der Waals surface area contributed by atoms with Gasteiger partial charge in [0.2, 0.25) is 0 Å². The summed E-state index contributed by atoms with van der Waals surface area (Å²) in [5.41, 5.74) is 1.33. The Labute approximate surface area is 152 Å². The molecule has 26 heavy (non-hydrogen) atoms. The van der Waals surface area contributed by atoms with Crippen molar-refractivity contribution in [1.82, 2.24) is 9.88 Å². The fraction of sp³-hybridized carbons (Fsp3) is 0.400. The quantitative estimate of drug-likeness (QED) is 0.838. The van der Waals surface area contributed by atoms with Crippen LogP contribution in [0.1, 0.15) is 42.8 Å². The molecule has 0 radical (unpaired) electrons. The van der Waals surface area contributed by atoms with Crippen molar-refractivity contribution in [3.63, 3.8) is 0 Å². The number of pyridine rings is 1. The number of halogens is 1. The molecule has 2 unspecified atom stereocenters. The fourth-order valence-electron chi connectivity index (χ4n) is 3.03. The minimum absolute atomic E-state index is 0.00779. The maximum Gasteiger partial charge on any atom is 0.255 e. The van der Waals surface area contributed by atoms with E-state index in [4.69, 9.17) is 9.47 Å². The van der Waals surface area contributed by atoms with Gasteiger partial charge in [-0.1, -0.05) is 12.1 Å². The summed E-state index contributed by atoms with van der Waals surface area (Å²) in [5.74, 6) is 0.162. The molecule has 1 amide bonds. The first-order chi connectivity index (χ1) is 12.4. The predicted molar refractivity (Wildman–Crippen MR) is 95.6 cm³/mol. The molecule has 1 saturated heterocycles. The topological polar surface area (TPSA) is 51.7 Å². The van der Waals surface area contributed by atoms with Crippen molar-refractivity contribution in [2.45, 2.75) is 39.1 Å². The van der Waals surface area contributed by atoms with E-state index in [0.717, 1.165) is 5.56 Å².